The number of aromatic nitrogens is 3. The fourth-order valence-electron chi connectivity index (χ4n) is 6.50. The van der Waals surface area contributed by atoms with Crippen molar-refractivity contribution in [2.45, 2.75) is 70.1 Å². The van der Waals surface area contributed by atoms with Crippen LogP contribution in [0.1, 0.15) is 74.0 Å². The quantitative estimate of drug-likeness (QED) is 0.699. The molecule has 1 amide bonds. The van der Waals surface area contributed by atoms with Crippen LogP contribution in [0.2, 0.25) is 0 Å². The lowest BCUT2D eigenvalue weighted by Crippen LogP contribution is -2.53. The summed E-state index contributed by atoms with van der Waals surface area (Å²) in [5.41, 5.74) is 9.60. The van der Waals surface area contributed by atoms with E-state index in [4.69, 9.17) is 10.8 Å². The van der Waals surface area contributed by atoms with Gasteiger partial charge in [0.1, 0.15) is 12.0 Å². The molecule has 4 heterocycles. The van der Waals surface area contributed by atoms with E-state index >= 15 is 0 Å². The van der Waals surface area contributed by atoms with E-state index in [2.05, 4.69) is 34.5 Å². The fourth-order valence-corrected chi connectivity index (χ4v) is 6.50. The molecule has 2 aliphatic heterocycles. The van der Waals surface area contributed by atoms with E-state index in [0.29, 0.717) is 48.5 Å². The number of rotatable bonds is 6. The van der Waals surface area contributed by atoms with Gasteiger partial charge in [-0.25, -0.2) is 9.37 Å². The van der Waals surface area contributed by atoms with Gasteiger partial charge in [-0.3, -0.25) is 14.4 Å². The molecule has 2 aliphatic carbocycles. The summed E-state index contributed by atoms with van der Waals surface area (Å²) in [4.78, 5) is 21.6. The van der Waals surface area contributed by atoms with Crippen LogP contribution in [0.25, 0.3) is 11.3 Å². The molecule has 0 bridgehead atoms. The van der Waals surface area contributed by atoms with Crippen molar-refractivity contribution in [3.8, 4) is 11.3 Å². The Bertz CT molecular complexity index is 1080. The van der Waals surface area contributed by atoms with Crippen LogP contribution in [-0.2, 0) is 0 Å². The van der Waals surface area contributed by atoms with Crippen LogP contribution in [0.5, 0.6) is 0 Å². The third-order valence-corrected chi connectivity index (χ3v) is 8.75. The molecule has 4 aliphatic rings. The second kappa shape index (κ2) is 8.33. The number of pyridine rings is 1. The van der Waals surface area contributed by atoms with Crippen molar-refractivity contribution in [1.29, 1.82) is 0 Å². The molecule has 2 saturated heterocycles. The van der Waals surface area contributed by atoms with Crippen LogP contribution in [0.4, 0.5) is 10.2 Å². The minimum atomic E-state index is -0.627. The standard InChI is InChI=1S/C26H35FN6O/c1-3-15(2)33-23(24-19-9-18(10-20(19)24)32-13-17(27)14-32)11-22(30-33)16-8-21(25(28)29-12-16)26(34)31-6-4-5-7-31/h8,11-12,15,17-20,24H,3-7,9-10,13-14H2,1-2H3,(H2,28,29)/t15?,18?,19-,20+,24?. The minimum Gasteiger partial charge on any atom is -0.383 e. The van der Waals surface area contributed by atoms with E-state index in [1.165, 1.54) is 18.5 Å². The molecule has 3 unspecified atom stereocenters. The lowest BCUT2D eigenvalue weighted by molar-refractivity contribution is 0.0247. The number of fused-ring (bicyclic) bond motifs is 1. The van der Waals surface area contributed by atoms with Crippen molar-refractivity contribution < 1.29 is 9.18 Å². The highest BCUT2D eigenvalue weighted by molar-refractivity contribution is 5.99. The Hall–Kier alpha value is -2.48. The van der Waals surface area contributed by atoms with Gasteiger partial charge >= 0.3 is 0 Å². The lowest BCUT2D eigenvalue weighted by atomic mass is 9.99. The second-order valence-electron chi connectivity index (χ2n) is 10.8. The van der Waals surface area contributed by atoms with Crippen molar-refractivity contribution in [1.82, 2.24) is 24.6 Å². The normalized spacial score (nSPS) is 29.8. The molecule has 8 heteroatoms. The molecule has 0 aromatic carbocycles. The zero-order valence-electron chi connectivity index (χ0n) is 20.2. The number of likely N-dealkylation sites (tertiary alicyclic amines) is 2. The van der Waals surface area contributed by atoms with Gasteiger partial charge in [-0.05, 0) is 63.0 Å². The summed E-state index contributed by atoms with van der Waals surface area (Å²) < 4.78 is 15.5. The number of hydrogen-bond donors (Lipinski definition) is 1. The zero-order chi connectivity index (χ0) is 23.6. The van der Waals surface area contributed by atoms with Crippen LogP contribution in [0, 0.1) is 11.8 Å². The molecule has 4 fully saturated rings. The van der Waals surface area contributed by atoms with E-state index in [9.17, 15) is 9.18 Å². The Labute approximate surface area is 200 Å². The highest BCUT2D eigenvalue weighted by atomic mass is 19.1. The van der Waals surface area contributed by atoms with Crippen LogP contribution in [-0.4, -0.2) is 68.9 Å². The third-order valence-electron chi connectivity index (χ3n) is 8.75. The minimum absolute atomic E-state index is 0.0322. The van der Waals surface area contributed by atoms with Gasteiger partial charge in [-0.1, -0.05) is 6.92 Å². The first-order valence-corrected chi connectivity index (χ1v) is 13.0. The van der Waals surface area contributed by atoms with Crippen LogP contribution >= 0.6 is 0 Å². The Kier molecular flexibility index (Phi) is 5.39. The zero-order valence-corrected chi connectivity index (χ0v) is 20.2. The summed E-state index contributed by atoms with van der Waals surface area (Å²) in [5, 5.41) is 5.01. The van der Waals surface area contributed by atoms with Crippen molar-refractivity contribution in [2.24, 2.45) is 11.8 Å². The average molecular weight is 467 g/mol. The number of amides is 1. The molecule has 2 N–H and O–H groups in total. The first kappa shape index (κ1) is 22.0. The number of hydrogen-bond acceptors (Lipinski definition) is 5. The van der Waals surface area contributed by atoms with E-state index < -0.39 is 6.17 Å². The van der Waals surface area contributed by atoms with E-state index in [1.807, 2.05) is 11.0 Å². The highest BCUT2D eigenvalue weighted by Crippen LogP contribution is 2.64. The van der Waals surface area contributed by atoms with Gasteiger partial charge in [0.05, 0.1) is 11.3 Å². The van der Waals surface area contributed by atoms with Gasteiger partial charge in [0.25, 0.3) is 5.91 Å². The number of anilines is 1. The number of halogens is 1. The number of nitrogens with two attached hydrogens (primary N) is 1. The number of nitrogens with zero attached hydrogens (tertiary/aromatic N) is 5. The first-order chi connectivity index (χ1) is 16.4. The summed E-state index contributed by atoms with van der Waals surface area (Å²) in [6.45, 7) is 7.20. The monoisotopic (exact) mass is 466 g/mol. The number of nitrogen functional groups attached to an aromatic ring is 1. The predicted molar refractivity (Wildman–Crippen MR) is 129 cm³/mol. The van der Waals surface area contributed by atoms with Crippen LogP contribution in [0.3, 0.4) is 0 Å². The SMILES string of the molecule is CCC(C)n1nc(-c2cnc(N)c(C(=O)N3CCCC3)c2)cc1C1[C@H]2CC(N3CC(F)C3)C[C@@H]12. The molecule has 2 saturated carbocycles. The van der Waals surface area contributed by atoms with Crippen molar-refractivity contribution in [3.63, 3.8) is 0 Å². The highest BCUT2D eigenvalue weighted by Gasteiger charge is 2.59. The molecule has 182 valence electrons. The Morgan fingerprint density at radius 3 is 2.56 bits per heavy atom. The molecule has 0 radical (unpaired) electrons. The molecule has 7 nitrogen and oxygen atoms in total. The average Bonchev–Trinajstić information content (AvgIpc) is 3.33. The first-order valence-electron chi connectivity index (χ1n) is 13.0. The maximum Gasteiger partial charge on any atom is 0.257 e. The summed E-state index contributed by atoms with van der Waals surface area (Å²) in [5.74, 6) is 2.13. The molecule has 0 spiro atoms. The molecule has 5 atom stereocenters. The Morgan fingerprint density at radius 1 is 1.21 bits per heavy atom. The number of alkyl halides is 1. The number of carbonyl (C=O) groups is 1. The fraction of sp³-hybridized carbons (Fsp3) is 0.654. The van der Waals surface area contributed by atoms with Gasteiger partial charge in [0, 0.05) is 61.6 Å². The van der Waals surface area contributed by atoms with Gasteiger partial charge in [-0.15, -0.1) is 0 Å². The largest absolute Gasteiger partial charge is 0.383 e. The summed E-state index contributed by atoms with van der Waals surface area (Å²) in [7, 11) is 0. The van der Waals surface area contributed by atoms with Crippen molar-refractivity contribution in [3.05, 3.63) is 29.6 Å². The second-order valence-corrected chi connectivity index (χ2v) is 10.8. The van der Waals surface area contributed by atoms with Gasteiger partial charge in [-0.2, -0.15) is 5.10 Å². The molecule has 2 aromatic rings. The Morgan fingerprint density at radius 2 is 1.91 bits per heavy atom. The maximum atomic E-state index is 13.3. The van der Waals surface area contributed by atoms with Gasteiger partial charge < -0.3 is 10.6 Å². The van der Waals surface area contributed by atoms with Crippen LogP contribution in [0.15, 0.2) is 18.3 Å². The number of carbonyl (C=O) groups excluding carboxylic acids is 1. The van der Waals surface area contributed by atoms with E-state index in [-0.39, 0.29) is 11.7 Å². The summed E-state index contributed by atoms with van der Waals surface area (Å²) in [6.07, 6.45) is 6.53. The predicted octanol–water partition coefficient (Wildman–Crippen LogP) is 3.88. The Balaban J connectivity index is 1.26. The molecule has 2 aromatic heterocycles. The lowest BCUT2D eigenvalue weighted by Gasteiger charge is -2.40. The van der Waals surface area contributed by atoms with Crippen LogP contribution < -0.4 is 5.73 Å². The smallest absolute Gasteiger partial charge is 0.257 e. The topological polar surface area (TPSA) is 80.3 Å². The van der Waals surface area contributed by atoms with Gasteiger partial charge in [0.15, 0.2) is 0 Å². The summed E-state index contributed by atoms with van der Waals surface area (Å²) in [6, 6.07) is 4.94. The van der Waals surface area contributed by atoms with E-state index in [0.717, 1.165) is 43.6 Å². The van der Waals surface area contributed by atoms with Crippen molar-refractivity contribution >= 4 is 11.7 Å². The molecule has 6 rings (SSSR count). The molecular weight excluding hydrogens is 431 g/mol. The van der Waals surface area contributed by atoms with Crippen molar-refractivity contribution in [2.75, 3.05) is 31.9 Å². The molecule has 34 heavy (non-hydrogen) atoms. The van der Waals surface area contributed by atoms with E-state index in [1.54, 1.807) is 6.20 Å². The molecular formula is C26H35FN6O. The maximum absolute atomic E-state index is 13.3. The third kappa shape index (κ3) is 3.61. The summed E-state index contributed by atoms with van der Waals surface area (Å²) >= 11 is 0. The van der Waals surface area contributed by atoms with Gasteiger partial charge in [0.2, 0.25) is 0 Å².